The van der Waals surface area contributed by atoms with Crippen molar-refractivity contribution < 1.29 is 5.21 Å². The van der Waals surface area contributed by atoms with E-state index in [-0.39, 0.29) is 0 Å². The number of hydrogen-bond acceptors (Lipinski definition) is 2. The zero-order valence-electron chi connectivity index (χ0n) is 10.4. The van der Waals surface area contributed by atoms with Crippen LogP contribution in [0.1, 0.15) is 38.5 Å². The first-order chi connectivity index (χ1) is 8.78. The molecule has 4 heteroatoms. The molecule has 18 heavy (non-hydrogen) atoms. The Kier molecular flexibility index (Phi) is 5.02. The lowest BCUT2D eigenvalue weighted by Gasteiger charge is -2.09. The van der Waals surface area contributed by atoms with Crippen molar-refractivity contribution in [3.05, 3.63) is 29.3 Å². The number of hydrogen-bond donors (Lipinski definition) is 2. The predicted octanol–water partition coefficient (Wildman–Crippen LogP) is 4.32. The largest absolute Gasteiger partial charge is 0.290 e. The van der Waals surface area contributed by atoms with Crippen LogP contribution in [-0.4, -0.2) is 11.0 Å². The van der Waals surface area contributed by atoms with Crippen LogP contribution in [-0.2, 0) is 0 Å². The first kappa shape index (κ1) is 13.4. The number of nitrogens with zero attached hydrogens (tertiary/aromatic N) is 1. The van der Waals surface area contributed by atoms with Crippen molar-refractivity contribution in [2.75, 3.05) is 0 Å². The number of rotatable bonds is 4. The Morgan fingerprint density at radius 2 is 2.17 bits per heavy atom. The maximum atomic E-state index is 9.12. The summed E-state index contributed by atoms with van der Waals surface area (Å²) in [6.45, 7) is 0. The molecule has 2 N–H and O–H groups in total. The van der Waals surface area contributed by atoms with Gasteiger partial charge in [0.15, 0.2) is 0 Å². The summed E-state index contributed by atoms with van der Waals surface area (Å²) >= 11 is 5.90. The molecule has 0 saturated heterocycles. The molecule has 1 aromatic carbocycles. The monoisotopic (exact) mass is 266 g/mol. The highest BCUT2D eigenvalue weighted by molar-refractivity contribution is 6.30. The number of halogens is 1. The maximum Gasteiger partial charge on any atom is 0.126 e. The zero-order chi connectivity index (χ0) is 12.8. The molecule has 98 valence electrons. The van der Waals surface area contributed by atoms with Crippen molar-refractivity contribution in [2.24, 2.45) is 10.9 Å². The molecule has 0 radical (unpaired) electrons. The Labute approximate surface area is 113 Å². The van der Waals surface area contributed by atoms with Gasteiger partial charge in [-0.1, -0.05) is 43.4 Å². The Morgan fingerprint density at radius 1 is 1.39 bits per heavy atom. The summed E-state index contributed by atoms with van der Waals surface area (Å²) in [5, 5.41) is 9.77. The van der Waals surface area contributed by atoms with E-state index < -0.39 is 0 Å². The van der Waals surface area contributed by atoms with Crippen LogP contribution in [0.15, 0.2) is 29.3 Å². The van der Waals surface area contributed by atoms with Crippen molar-refractivity contribution in [3.8, 4) is 0 Å². The lowest BCUT2D eigenvalue weighted by Crippen LogP contribution is -2.19. The van der Waals surface area contributed by atoms with E-state index >= 15 is 0 Å². The SMILES string of the molecule is ONC(CCC1CCCC1)=Nc1cccc(Cl)c1. The molecule has 0 atom stereocenters. The zero-order valence-corrected chi connectivity index (χ0v) is 11.2. The van der Waals surface area contributed by atoms with Crippen molar-refractivity contribution in [2.45, 2.75) is 38.5 Å². The molecule has 1 aromatic rings. The summed E-state index contributed by atoms with van der Waals surface area (Å²) in [5.41, 5.74) is 2.97. The van der Waals surface area contributed by atoms with Crippen molar-refractivity contribution in [1.82, 2.24) is 5.48 Å². The summed E-state index contributed by atoms with van der Waals surface area (Å²) in [6, 6.07) is 7.32. The molecular formula is C14H19ClN2O. The normalized spacial score (nSPS) is 17.1. The molecule has 0 aromatic heterocycles. The van der Waals surface area contributed by atoms with Gasteiger partial charge in [0.2, 0.25) is 0 Å². The molecule has 0 unspecified atom stereocenters. The van der Waals surface area contributed by atoms with Crippen LogP contribution >= 0.6 is 11.6 Å². The van der Waals surface area contributed by atoms with Gasteiger partial charge in [0.25, 0.3) is 0 Å². The third-order valence-electron chi connectivity index (χ3n) is 3.47. The fraction of sp³-hybridized carbons (Fsp3) is 0.500. The predicted molar refractivity (Wildman–Crippen MR) is 74.7 cm³/mol. The third-order valence-corrected chi connectivity index (χ3v) is 3.70. The minimum atomic E-state index is 0.615. The summed E-state index contributed by atoms with van der Waals surface area (Å²) in [6.07, 6.45) is 7.20. The van der Waals surface area contributed by atoms with Gasteiger partial charge in [-0.15, -0.1) is 0 Å². The molecule has 1 saturated carbocycles. The van der Waals surface area contributed by atoms with Gasteiger partial charge >= 0.3 is 0 Å². The Balaban J connectivity index is 1.94. The summed E-state index contributed by atoms with van der Waals surface area (Å²) in [7, 11) is 0. The van der Waals surface area contributed by atoms with Crippen LogP contribution in [0, 0.1) is 5.92 Å². The topological polar surface area (TPSA) is 44.6 Å². The fourth-order valence-electron chi connectivity index (χ4n) is 2.48. The second-order valence-corrected chi connectivity index (χ2v) is 5.28. The number of amidine groups is 1. The van der Waals surface area contributed by atoms with E-state index in [1.807, 2.05) is 18.2 Å². The van der Waals surface area contributed by atoms with E-state index in [4.69, 9.17) is 16.8 Å². The lowest BCUT2D eigenvalue weighted by molar-refractivity contribution is 0.230. The summed E-state index contributed by atoms with van der Waals surface area (Å²) in [4.78, 5) is 4.37. The highest BCUT2D eigenvalue weighted by Crippen LogP contribution is 2.28. The van der Waals surface area contributed by atoms with Crippen LogP contribution in [0.25, 0.3) is 0 Å². The molecule has 0 bridgehead atoms. The van der Waals surface area contributed by atoms with Gasteiger partial charge in [-0.05, 0) is 30.5 Å². The molecule has 1 aliphatic rings. The van der Waals surface area contributed by atoms with Gasteiger partial charge in [0.05, 0.1) is 5.69 Å². The molecular weight excluding hydrogens is 248 g/mol. The smallest absolute Gasteiger partial charge is 0.126 e. The molecule has 0 spiro atoms. The molecule has 3 nitrogen and oxygen atoms in total. The van der Waals surface area contributed by atoms with E-state index in [2.05, 4.69) is 10.5 Å². The van der Waals surface area contributed by atoms with Crippen LogP contribution in [0.4, 0.5) is 5.69 Å². The van der Waals surface area contributed by atoms with E-state index in [9.17, 15) is 0 Å². The van der Waals surface area contributed by atoms with Crippen molar-refractivity contribution in [1.29, 1.82) is 0 Å². The second-order valence-electron chi connectivity index (χ2n) is 4.84. The lowest BCUT2D eigenvalue weighted by atomic mass is 10.0. The molecule has 2 rings (SSSR count). The minimum absolute atomic E-state index is 0.615. The average Bonchev–Trinajstić information content (AvgIpc) is 2.87. The minimum Gasteiger partial charge on any atom is -0.290 e. The van der Waals surface area contributed by atoms with Gasteiger partial charge in [0, 0.05) is 11.4 Å². The van der Waals surface area contributed by atoms with E-state index in [0.717, 1.165) is 24.4 Å². The van der Waals surface area contributed by atoms with Crippen LogP contribution in [0.3, 0.4) is 0 Å². The number of hydroxylamine groups is 1. The van der Waals surface area contributed by atoms with Crippen LogP contribution in [0.2, 0.25) is 5.02 Å². The number of benzene rings is 1. The average molecular weight is 267 g/mol. The molecule has 0 heterocycles. The molecule has 0 amide bonds. The Morgan fingerprint density at radius 3 is 2.83 bits per heavy atom. The third kappa shape index (κ3) is 4.00. The standard InChI is InChI=1S/C14H19ClN2O/c15-12-6-3-7-13(10-12)16-14(17-18)9-8-11-4-1-2-5-11/h3,6-7,10-11,18H,1-2,4-5,8-9H2,(H,16,17). The molecule has 1 aliphatic carbocycles. The highest BCUT2D eigenvalue weighted by atomic mass is 35.5. The Hall–Kier alpha value is -1.06. The molecule has 1 fully saturated rings. The second kappa shape index (κ2) is 6.76. The van der Waals surface area contributed by atoms with Crippen LogP contribution in [0.5, 0.6) is 0 Å². The quantitative estimate of drug-likeness (QED) is 0.484. The van der Waals surface area contributed by atoms with Gasteiger partial charge in [-0.2, -0.15) is 0 Å². The maximum absolute atomic E-state index is 9.12. The number of nitrogens with one attached hydrogen (secondary N) is 1. The Bertz CT molecular complexity index is 414. The highest BCUT2D eigenvalue weighted by Gasteiger charge is 2.15. The first-order valence-corrected chi connectivity index (χ1v) is 6.89. The van der Waals surface area contributed by atoms with Gasteiger partial charge in [-0.3, -0.25) is 10.7 Å². The first-order valence-electron chi connectivity index (χ1n) is 6.51. The van der Waals surface area contributed by atoms with Crippen molar-refractivity contribution >= 4 is 23.1 Å². The van der Waals surface area contributed by atoms with E-state index in [0.29, 0.717) is 10.9 Å². The van der Waals surface area contributed by atoms with Gasteiger partial charge in [-0.25, -0.2) is 4.99 Å². The van der Waals surface area contributed by atoms with Gasteiger partial charge < -0.3 is 0 Å². The summed E-state index contributed by atoms with van der Waals surface area (Å²) in [5.74, 6) is 1.41. The van der Waals surface area contributed by atoms with Crippen molar-refractivity contribution in [3.63, 3.8) is 0 Å². The van der Waals surface area contributed by atoms with E-state index in [1.165, 1.54) is 25.7 Å². The van der Waals surface area contributed by atoms with Crippen LogP contribution < -0.4 is 5.48 Å². The fourth-order valence-corrected chi connectivity index (χ4v) is 2.66. The molecule has 0 aliphatic heterocycles. The number of aliphatic imine (C=N–C) groups is 1. The van der Waals surface area contributed by atoms with Gasteiger partial charge in [0.1, 0.15) is 5.84 Å². The van der Waals surface area contributed by atoms with E-state index in [1.54, 1.807) is 6.07 Å². The summed E-state index contributed by atoms with van der Waals surface area (Å²) < 4.78 is 0.